The van der Waals surface area contributed by atoms with Crippen LogP contribution in [0.25, 0.3) is 5.57 Å². The van der Waals surface area contributed by atoms with Crippen molar-refractivity contribution >= 4 is 23.1 Å². The van der Waals surface area contributed by atoms with Gasteiger partial charge < -0.3 is 9.64 Å². The predicted octanol–water partition coefficient (Wildman–Crippen LogP) is 5.05. The van der Waals surface area contributed by atoms with E-state index in [1.807, 2.05) is 48.5 Å². The number of ether oxygens (including phenoxy) is 1. The van der Waals surface area contributed by atoms with Gasteiger partial charge in [0.25, 0.3) is 11.8 Å². The molecular weight excluding hydrogens is 400 g/mol. The molecule has 1 unspecified atom stereocenters. The van der Waals surface area contributed by atoms with E-state index in [9.17, 15) is 9.59 Å². The van der Waals surface area contributed by atoms with Gasteiger partial charge in [-0.15, -0.1) is 0 Å². The monoisotopic (exact) mass is 432 g/mol. The Morgan fingerprint density at radius 2 is 1.72 bits per heavy atom. The van der Waals surface area contributed by atoms with Gasteiger partial charge in [0, 0.05) is 13.1 Å². The topological polar surface area (TPSA) is 49.9 Å². The minimum Gasteiger partial charge on any atom is -0.497 e. The molecule has 2 aromatic rings. The summed E-state index contributed by atoms with van der Waals surface area (Å²) in [5, 5.41) is 0. The number of unbranched alkanes of at least 4 members (excludes halogenated alkanes) is 1. The van der Waals surface area contributed by atoms with Crippen LogP contribution in [0.4, 0.5) is 5.69 Å². The van der Waals surface area contributed by atoms with Crippen molar-refractivity contribution in [2.24, 2.45) is 5.92 Å². The number of methoxy groups -OCH3 is 1. The molecule has 0 bridgehead atoms. The zero-order valence-corrected chi connectivity index (χ0v) is 19.3. The molecule has 1 atom stereocenters. The maximum absolute atomic E-state index is 13.7. The van der Waals surface area contributed by atoms with Gasteiger partial charge in [-0.1, -0.05) is 44.5 Å². The number of aryl methyl sites for hydroxylation is 1. The van der Waals surface area contributed by atoms with Crippen LogP contribution < -0.4 is 9.64 Å². The van der Waals surface area contributed by atoms with Crippen molar-refractivity contribution < 1.29 is 14.3 Å². The molecule has 0 spiro atoms. The Bertz CT molecular complexity index is 1010. The van der Waals surface area contributed by atoms with Crippen LogP contribution in [0.3, 0.4) is 0 Å². The molecule has 0 aliphatic carbocycles. The SMILES string of the molecule is CCCCc1ccc(N2C(=O)C(c3ccc(OC)cc3)=C(N3CCCC(C)C3)C2=O)cc1. The normalized spacial score (nSPS) is 19.2. The van der Waals surface area contributed by atoms with E-state index < -0.39 is 0 Å². The molecule has 2 aliphatic heterocycles. The number of rotatable bonds is 7. The number of hydrogen-bond acceptors (Lipinski definition) is 4. The van der Waals surface area contributed by atoms with Gasteiger partial charge in [0.05, 0.1) is 18.4 Å². The maximum atomic E-state index is 13.7. The average molecular weight is 433 g/mol. The van der Waals surface area contributed by atoms with Crippen LogP contribution in [0, 0.1) is 5.92 Å². The Morgan fingerprint density at radius 1 is 1.00 bits per heavy atom. The lowest BCUT2D eigenvalue weighted by Gasteiger charge is -2.33. The highest BCUT2D eigenvalue weighted by Crippen LogP contribution is 2.37. The summed E-state index contributed by atoms with van der Waals surface area (Å²) in [7, 11) is 1.62. The fraction of sp³-hybridized carbons (Fsp3) is 0.407. The van der Waals surface area contributed by atoms with Crippen LogP contribution in [-0.4, -0.2) is 36.9 Å². The number of benzene rings is 2. The number of anilines is 1. The van der Waals surface area contributed by atoms with Crippen LogP contribution in [-0.2, 0) is 16.0 Å². The van der Waals surface area contributed by atoms with Crippen LogP contribution in [0.5, 0.6) is 5.75 Å². The first kappa shape index (κ1) is 22.1. The van der Waals surface area contributed by atoms with Gasteiger partial charge in [0.1, 0.15) is 11.4 Å². The molecule has 4 rings (SSSR count). The van der Waals surface area contributed by atoms with Gasteiger partial charge in [0.15, 0.2) is 0 Å². The zero-order chi connectivity index (χ0) is 22.7. The van der Waals surface area contributed by atoms with Crippen molar-refractivity contribution in [1.82, 2.24) is 4.90 Å². The summed E-state index contributed by atoms with van der Waals surface area (Å²) in [5.41, 5.74) is 3.62. The number of amides is 2. The smallest absolute Gasteiger partial charge is 0.282 e. The lowest BCUT2D eigenvalue weighted by molar-refractivity contribution is -0.120. The fourth-order valence-corrected chi connectivity index (χ4v) is 4.65. The van der Waals surface area contributed by atoms with Crippen LogP contribution in [0.2, 0.25) is 0 Å². The van der Waals surface area contributed by atoms with Crippen molar-refractivity contribution in [3.8, 4) is 5.75 Å². The van der Waals surface area contributed by atoms with E-state index in [0.717, 1.165) is 56.5 Å². The lowest BCUT2D eigenvalue weighted by Crippen LogP contribution is -2.39. The largest absolute Gasteiger partial charge is 0.497 e. The molecule has 2 heterocycles. The van der Waals surface area contributed by atoms with E-state index in [-0.39, 0.29) is 11.8 Å². The molecule has 5 nitrogen and oxygen atoms in total. The Labute approximate surface area is 190 Å². The van der Waals surface area contributed by atoms with E-state index in [4.69, 9.17) is 4.74 Å². The first-order valence-electron chi connectivity index (χ1n) is 11.6. The quantitative estimate of drug-likeness (QED) is 0.574. The Morgan fingerprint density at radius 3 is 2.34 bits per heavy atom. The number of likely N-dealkylation sites (tertiary alicyclic amines) is 1. The maximum Gasteiger partial charge on any atom is 0.282 e. The number of nitrogens with zero attached hydrogens (tertiary/aromatic N) is 2. The highest BCUT2D eigenvalue weighted by Gasteiger charge is 2.43. The predicted molar refractivity (Wildman–Crippen MR) is 127 cm³/mol. The Hall–Kier alpha value is -3.08. The van der Waals surface area contributed by atoms with Gasteiger partial charge in [-0.2, -0.15) is 0 Å². The van der Waals surface area contributed by atoms with E-state index in [1.54, 1.807) is 7.11 Å². The average Bonchev–Trinajstić information content (AvgIpc) is 3.08. The Kier molecular flexibility index (Phi) is 6.63. The Balaban J connectivity index is 1.72. The third-order valence-corrected chi connectivity index (χ3v) is 6.42. The summed E-state index contributed by atoms with van der Waals surface area (Å²) < 4.78 is 5.28. The summed E-state index contributed by atoms with van der Waals surface area (Å²) in [6.45, 7) is 5.96. The molecule has 5 heteroatoms. The molecule has 1 fully saturated rings. The van der Waals surface area contributed by atoms with Crippen LogP contribution >= 0.6 is 0 Å². The van der Waals surface area contributed by atoms with Crippen molar-refractivity contribution in [3.63, 3.8) is 0 Å². The van der Waals surface area contributed by atoms with Crippen LogP contribution in [0.1, 0.15) is 50.7 Å². The minimum atomic E-state index is -0.255. The molecule has 1 saturated heterocycles. The first-order chi connectivity index (χ1) is 15.5. The fourth-order valence-electron chi connectivity index (χ4n) is 4.65. The molecular formula is C27H32N2O3. The molecule has 0 saturated carbocycles. The number of imide groups is 1. The summed E-state index contributed by atoms with van der Waals surface area (Å²) in [4.78, 5) is 30.8. The third kappa shape index (κ3) is 4.29. The molecule has 0 N–H and O–H groups in total. The molecule has 2 aromatic carbocycles. The van der Waals surface area contributed by atoms with Gasteiger partial charge in [0.2, 0.25) is 0 Å². The summed E-state index contributed by atoms with van der Waals surface area (Å²) >= 11 is 0. The number of piperidine rings is 1. The highest BCUT2D eigenvalue weighted by molar-refractivity contribution is 6.45. The van der Waals surface area contributed by atoms with Gasteiger partial charge in [-0.3, -0.25) is 9.59 Å². The van der Waals surface area contributed by atoms with E-state index >= 15 is 0 Å². The van der Waals surface area contributed by atoms with Crippen molar-refractivity contribution in [2.75, 3.05) is 25.1 Å². The molecule has 2 aliphatic rings. The second-order valence-electron chi connectivity index (χ2n) is 8.86. The summed E-state index contributed by atoms with van der Waals surface area (Å²) in [6, 6.07) is 15.2. The summed E-state index contributed by atoms with van der Waals surface area (Å²) in [5.74, 6) is 0.730. The van der Waals surface area contributed by atoms with Gasteiger partial charge >= 0.3 is 0 Å². The van der Waals surface area contributed by atoms with E-state index in [0.29, 0.717) is 22.9 Å². The van der Waals surface area contributed by atoms with Crippen LogP contribution in [0.15, 0.2) is 54.2 Å². The van der Waals surface area contributed by atoms with Crippen molar-refractivity contribution in [2.45, 2.75) is 46.0 Å². The van der Waals surface area contributed by atoms with Crippen molar-refractivity contribution in [1.29, 1.82) is 0 Å². The van der Waals surface area contributed by atoms with Crippen molar-refractivity contribution in [3.05, 3.63) is 65.4 Å². The molecule has 0 radical (unpaired) electrons. The molecule has 32 heavy (non-hydrogen) atoms. The zero-order valence-electron chi connectivity index (χ0n) is 19.3. The van der Waals surface area contributed by atoms with E-state index in [2.05, 4.69) is 18.7 Å². The standard InChI is InChI=1S/C27H32N2O3/c1-4-5-8-20-9-13-22(14-10-20)29-26(30)24(21-11-15-23(32-3)16-12-21)25(27(29)31)28-17-6-7-19(2)18-28/h9-16,19H,4-8,17-18H2,1-3H3. The molecule has 2 amide bonds. The summed E-state index contributed by atoms with van der Waals surface area (Å²) in [6.07, 6.45) is 5.44. The van der Waals surface area contributed by atoms with Gasteiger partial charge in [-0.05, 0) is 67.0 Å². The number of hydrogen-bond donors (Lipinski definition) is 0. The second kappa shape index (κ2) is 9.60. The highest BCUT2D eigenvalue weighted by atomic mass is 16.5. The first-order valence-corrected chi connectivity index (χ1v) is 11.6. The number of carbonyl (C=O) groups excluding carboxylic acids is 2. The second-order valence-corrected chi connectivity index (χ2v) is 8.86. The third-order valence-electron chi connectivity index (χ3n) is 6.42. The van der Waals surface area contributed by atoms with E-state index in [1.165, 1.54) is 10.5 Å². The minimum absolute atomic E-state index is 0.226. The van der Waals surface area contributed by atoms with Gasteiger partial charge in [-0.25, -0.2) is 4.90 Å². The lowest BCUT2D eigenvalue weighted by atomic mass is 9.98. The molecule has 168 valence electrons. The number of carbonyl (C=O) groups is 2. The molecule has 0 aromatic heterocycles.